The Balaban J connectivity index is 3.82. The Morgan fingerprint density at radius 3 is 2.50 bits per heavy atom. The number of alkyl halides is 1. The van der Waals surface area contributed by atoms with Gasteiger partial charge in [-0.3, -0.25) is 9.59 Å². The highest BCUT2D eigenvalue weighted by Gasteiger charge is 2.21. The number of primary amides is 1. The summed E-state index contributed by atoms with van der Waals surface area (Å²) >= 11 is 2.76. The zero-order valence-electron chi connectivity index (χ0n) is 5.46. The highest BCUT2D eigenvalue weighted by atomic mass is 79.9. The lowest BCUT2D eigenvalue weighted by molar-refractivity contribution is -0.144. The van der Waals surface area contributed by atoms with Gasteiger partial charge in [0.05, 0.1) is 6.61 Å². The molecule has 0 heterocycles. The minimum atomic E-state index is -1.02. The molecule has 0 saturated carbocycles. The van der Waals surface area contributed by atoms with E-state index in [4.69, 9.17) is 5.73 Å². The molecule has 0 aromatic heterocycles. The van der Waals surface area contributed by atoms with Crippen LogP contribution in [0.15, 0.2) is 0 Å². The van der Waals surface area contributed by atoms with E-state index in [-0.39, 0.29) is 6.61 Å². The van der Waals surface area contributed by atoms with Gasteiger partial charge in [0, 0.05) is 0 Å². The molecule has 0 fully saturated rings. The number of rotatable bonds is 3. The van der Waals surface area contributed by atoms with Crippen LogP contribution in [-0.4, -0.2) is 23.3 Å². The van der Waals surface area contributed by atoms with E-state index in [1.807, 2.05) is 0 Å². The Labute approximate surface area is 66.8 Å². The van der Waals surface area contributed by atoms with Gasteiger partial charge in [0.2, 0.25) is 5.91 Å². The third-order valence-electron chi connectivity index (χ3n) is 0.743. The molecule has 0 bridgehead atoms. The molecule has 0 aliphatic heterocycles. The quantitative estimate of drug-likeness (QED) is 0.398. The smallest absolute Gasteiger partial charge is 0.329 e. The second-order valence-corrected chi connectivity index (χ2v) is 2.43. The molecule has 4 nitrogen and oxygen atoms in total. The van der Waals surface area contributed by atoms with Gasteiger partial charge in [-0.15, -0.1) is 0 Å². The summed E-state index contributed by atoms with van der Waals surface area (Å²) in [6.07, 6.45) is 0. The van der Waals surface area contributed by atoms with Gasteiger partial charge in [0.1, 0.15) is 0 Å². The summed E-state index contributed by atoms with van der Waals surface area (Å²) in [7, 11) is 0. The van der Waals surface area contributed by atoms with Crippen LogP contribution < -0.4 is 5.73 Å². The van der Waals surface area contributed by atoms with Gasteiger partial charge in [-0.2, -0.15) is 0 Å². The molecule has 0 rings (SSSR count). The fraction of sp³-hybridized carbons (Fsp3) is 0.600. The van der Waals surface area contributed by atoms with Crippen LogP contribution in [0.3, 0.4) is 0 Å². The fourth-order valence-electron chi connectivity index (χ4n) is 0.332. The minimum absolute atomic E-state index is 0.244. The number of hydrogen-bond acceptors (Lipinski definition) is 3. The van der Waals surface area contributed by atoms with Crippen LogP contribution in [0.25, 0.3) is 0 Å². The van der Waals surface area contributed by atoms with Crippen molar-refractivity contribution in [1.82, 2.24) is 0 Å². The average Bonchev–Trinajstić information content (AvgIpc) is 1.87. The number of hydrogen-bond donors (Lipinski definition) is 1. The molecule has 0 aliphatic rings. The van der Waals surface area contributed by atoms with Crippen LogP contribution in [0.1, 0.15) is 6.92 Å². The number of nitrogens with two attached hydrogens (primary N) is 1. The molecule has 1 atom stereocenters. The molecule has 0 aromatic rings. The molecule has 0 aliphatic carbocycles. The van der Waals surface area contributed by atoms with Gasteiger partial charge in [-0.1, -0.05) is 15.9 Å². The van der Waals surface area contributed by atoms with Crippen LogP contribution in [0.4, 0.5) is 0 Å². The Kier molecular flexibility index (Phi) is 4.02. The lowest BCUT2D eigenvalue weighted by Crippen LogP contribution is -2.32. The van der Waals surface area contributed by atoms with Crippen molar-refractivity contribution in [3.05, 3.63) is 0 Å². The van der Waals surface area contributed by atoms with Crippen molar-refractivity contribution in [2.75, 3.05) is 6.61 Å². The number of esters is 1. The van der Waals surface area contributed by atoms with Crippen molar-refractivity contribution in [2.45, 2.75) is 11.8 Å². The molecule has 0 aromatic carbocycles. The van der Waals surface area contributed by atoms with Gasteiger partial charge >= 0.3 is 5.97 Å². The summed E-state index contributed by atoms with van der Waals surface area (Å²) < 4.78 is 4.48. The second kappa shape index (κ2) is 4.27. The highest BCUT2D eigenvalue weighted by Crippen LogP contribution is 2.00. The first-order valence-corrected chi connectivity index (χ1v) is 3.61. The number of halogens is 1. The molecule has 1 unspecified atom stereocenters. The third-order valence-corrected chi connectivity index (χ3v) is 1.57. The summed E-state index contributed by atoms with van der Waals surface area (Å²) in [5, 5.41) is 0. The lowest BCUT2D eigenvalue weighted by atomic mass is 10.4. The maximum Gasteiger partial charge on any atom is 0.329 e. The van der Waals surface area contributed by atoms with Crippen LogP contribution >= 0.6 is 15.9 Å². The molecular formula is C5H8BrNO3. The van der Waals surface area contributed by atoms with Gasteiger partial charge < -0.3 is 10.5 Å². The first kappa shape index (κ1) is 9.42. The summed E-state index contributed by atoms with van der Waals surface area (Å²) in [6.45, 7) is 1.90. The van der Waals surface area contributed by atoms with E-state index >= 15 is 0 Å². The van der Waals surface area contributed by atoms with Crippen molar-refractivity contribution >= 4 is 27.8 Å². The number of carbonyl (C=O) groups excluding carboxylic acids is 2. The van der Waals surface area contributed by atoms with Gasteiger partial charge in [0.15, 0.2) is 4.83 Å². The van der Waals surface area contributed by atoms with E-state index in [1.165, 1.54) is 0 Å². The maximum absolute atomic E-state index is 10.6. The van der Waals surface area contributed by atoms with Crippen molar-refractivity contribution in [3.8, 4) is 0 Å². The Morgan fingerprint density at radius 2 is 2.20 bits per heavy atom. The standard InChI is InChI=1S/C5H8BrNO3/c1-2-10-5(9)3(6)4(7)8/h3H,2H2,1H3,(H2,7,8). The molecule has 0 saturated heterocycles. The van der Waals surface area contributed by atoms with Crippen molar-refractivity contribution in [2.24, 2.45) is 5.73 Å². The SMILES string of the molecule is CCOC(=O)C(Br)C(N)=O. The summed E-state index contributed by atoms with van der Waals surface area (Å²) in [6, 6.07) is 0. The predicted octanol–water partition coefficient (Wildman–Crippen LogP) is -0.202. The average molecular weight is 210 g/mol. The normalized spacial score (nSPS) is 12.2. The van der Waals surface area contributed by atoms with Gasteiger partial charge in [0.25, 0.3) is 0 Å². The van der Waals surface area contributed by atoms with E-state index in [0.29, 0.717) is 0 Å². The zero-order valence-corrected chi connectivity index (χ0v) is 7.05. The Morgan fingerprint density at radius 1 is 1.70 bits per heavy atom. The van der Waals surface area contributed by atoms with Crippen molar-refractivity contribution < 1.29 is 14.3 Å². The highest BCUT2D eigenvalue weighted by molar-refractivity contribution is 9.10. The first-order valence-electron chi connectivity index (χ1n) is 2.69. The number of ether oxygens (including phenoxy) is 1. The molecule has 0 spiro atoms. The van der Waals surface area contributed by atoms with Crippen LogP contribution in [0.5, 0.6) is 0 Å². The summed E-state index contributed by atoms with van der Waals surface area (Å²) in [4.78, 5) is 19.9. The Hall–Kier alpha value is -0.580. The fourth-order valence-corrected chi connectivity index (χ4v) is 0.464. The lowest BCUT2D eigenvalue weighted by Gasteiger charge is -2.03. The molecule has 5 heteroatoms. The topological polar surface area (TPSA) is 69.4 Å². The van der Waals surface area contributed by atoms with E-state index < -0.39 is 16.7 Å². The van der Waals surface area contributed by atoms with Crippen LogP contribution in [-0.2, 0) is 14.3 Å². The second-order valence-electron chi connectivity index (χ2n) is 1.52. The molecule has 58 valence electrons. The van der Waals surface area contributed by atoms with Gasteiger partial charge in [-0.25, -0.2) is 0 Å². The number of amides is 1. The van der Waals surface area contributed by atoms with Crippen LogP contribution in [0.2, 0.25) is 0 Å². The van der Waals surface area contributed by atoms with Gasteiger partial charge in [-0.05, 0) is 6.92 Å². The summed E-state index contributed by atoms with van der Waals surface area (Å²) in [5.74, 6) is -1.38. The van der Waals surface area contributed by atoms with Crippen molar-refractivity contribution in [3.63, 3.8) is 0 Å². The Bertz CT molecular complexity index is 148. The minimum Gasteiger partial charge on any atom is -0.465 e. The molecular weight excluding hydrogens is 202 g/mol. The number of carbonyl (C=O) groups is 2. The largest absolute Gasteiger partial charge is 0.465 e. The van der Waals surface area contributed by atoms with Crippen LogP contribution in [0, 0.1) is 0 Å². The van der Waals surface area contributed by atoms with E-state index in [9.17, 15) is 9.59 Å². The monoisotopic (exact) mass is 209 g/mol. The molecule has 1 amide bonds. The summed E-state index contributed by atoms with van der Waals surface area (Å²) in [5.41, 5.74) is 4.78. The maximum atomic E-state index is 10.6. The molecule has 10 heavy (non-hydrogen) atoms. The van der Waals surface area contributed by atoms with E-state index in [0.717, 1.165) is 0 Å². The third kappa shape index (κ3) is 2.82. The zero-order chi connectivity index (χ0) is 8.15. The van der Waals surface area contributed by atoms with E-state index in [1.54, 1.807) is 6.92 Å². The molecule has 2 N–H and O–H groups in total. The van der Waals surface area contributed by atoms with Crippen molar-refractivity contribution in [1.29, 1.82) is 0 Å². The first-order chi connectivity index (χ1) is 4.59. The van der Waals surface area contributed by atoms with E-state index in [2.05, 4.69) is 20.7 Å². The predicted molar refractivity (Wildman–Crippen MR) is 38.5 cm³/mol. The molecule has 0 radical (unpaired) electrons.